The molecule has 1 aliphatic rings. The Balaban J connectivity index is 1.81. The number of hydrogen-bond acceptors (Lipinski definition) is 2. The van der Waals surface area contributed by atoms with Crippen molar-refractivity contribution in [2.75, 3.05) is 32.1 Å². The molecule has 0 radical (unpaired) electrons. The molecule has 2 amide bonds. The number of rotatable bonds is 4. The van der Waals surface area contributed by atoms with Crippen LogP contribution in [0.3, 0.4) is 0 Å². The van der Waals surface area contributed by atoms with Gasteiger partial charge in [0.05, 0.1) is 6.42 Å². The fourth-order valence-corrected chi connectivity index (χ4v) is 2.49. The standard InChI is InChI=1S/C15H19ClN2O2/c16-7-6-14(19)17-8-10-18(11-9-17)15(20)12-13-4-2-1-3-5-13/h1-5H,6-12H2. The second-order valence-electron chi connectivity index (χ2n) is 4.86. The number of nitrogens with zero attached hydrogens (tertiary/aromatic N) is 2. The molecule has 0 aromatic heterocycles. The molecule has 1 heterocycles. The summed E-state index contributed by atoms with van der Waals surface area (Å²) in [5, 5.41) is 0. The normalized spacial score (nSPS) is 15.2. The molecule has 0 spiro atoms. The number of hydrogen-bond donors (Lipinski definition) is 0. The van der Waals surface area contributed by atoms with Crippen LogP contribution in [0.2, 0.25) is 0 Å². The van der Waals surface area contributed by atoms with E-state index in [1.807, 2.05) is 35.2 Å². The number of alkyl halides is 1. The second-order valence-corrected chi connectivity index (χ2v) is 5.24. The highest BCUT2D eigenvalue weighted by Crippen LogP contribution is 2.08. The number of carbonyl (C=O) groups excluding carboxylic acids is 2. The highest BCUT2D eigenvalue weighted by Gasteiger charge is 2.23. The lowest BCUT2D eigenvalue weighted by atomic mass is 10.1. The van der Waals surface area contributed by atoms with Crippen LogP contribution >= 0.6 is 11.6 Å². The monoisotopic (exact) mass is 294 g/mol. The molecule has 108 valence electrons. The third-order valence-corrected chi connectivity index (χ3v) is 3.68. The summed E-state index contributed by atoms with van der Waals surface area (Å²) in [5.74, 6) is 0.558. The van der Waals surface area contributed by atoms with Gasteiger partial charge in [0.1, 0.15) is 0 Å². The number of halogens is 1. The lowest BCUT2D eigenvalue weighted by Crippen LogP contribution is -2.51. The molecule has 1 aromatic carbocycles. The van der Waals surface area contributed by atoms with E-state index in [1.165, 1.54) is 0 Å². The van der Waals surface area contributed by atoms with E-state index >= 15 is 0 Å². The minimum Gasteiger partial charge on any atom is -0.339 e. The maximum Gasteiger partial charge on any atom is 0.227 e. The topological polar surface area (TPSA) is 40.6 Å². The van der Waals surface area contributed by atoms with Crippen molar-refractivity contribution < 1.29 is 9.59 Å². The number of piperazine rings is 1. The Kier molecular flexibility index (Phi) is 5.41. The Morgan fingerprint density at radius 2 is 1.50 bits per heavy atom. The van der Waals surface area contributed by atoms with Crippen LogP contribution in [-0.4, -0.2) is 53.7 Å². The first kappa shape index (κ1) is 14.9. The van der Waals surface area contributed by atoms with E-state index in [2.05, 4.69) is 0 Å². The van der Waals surface area contributed by atoms with Gasteiger partial charge in [0, 0.05) is 38.5 Å². The maximum atomic E-state index is 12.2. The van der Waals surface area contributed by atoms with Gasteiger partial charge in [-0.05, 0) is 5.56 Å². The maximum absolute atomic E-state index is 12.2. The fraction of sp³-hybridized carbons (Fsp3) is 0.467. The molecule has 1 saturated heterocycles. The first-order valence-corrected chi connectivity index (χ1v) is 7.39. The Morgan fingerprint density at radius 3 is 2.05 bits per heavy atom. The average Bonchev–Trinajstić information content (AvgIpc) is 2.48. The molecule has 20 heavy (non-hydrogen) atoms. The predicted octanol–water partition coefficient (Wildman–Crippen LogP) is 1.53. The van der Waals surface area contributed by atoms with Crippen molar-refractivity contribution >= 4 is 23.4 Å². The molecule has 0 N–H and O–H groups in total. The molecule has 1 aromatic rings. The van der Waals surface area contributed by atoms with Crippen LogP contribution in [-0.2, 0) is 16.0 Å². The first-order chi connectivity index (χ1) is 9.70. The number of carbonyl (C=O) groups is 2. The molecule has 0 bridgehead atoms. The highest BCUT2D eigenvalue weighted by molar-refractivity contribution is 6.18. The largest absolute Gasteiger partial charge is 0.339 e. The molecular formula is C15H19ClN2O2. The van der Waals surface area contributed by atoms with Crippen molar-refractivity contribution in [2.45, 2.75) is 12.8 Å². The van der Waals surface area contributed by atoms with Crippen LogP contribution in [0.1, 0.15) is 12.0 Å². The van der Waals surface area contributed by atoms with E-state index in [4.69, 9.17) is 11.6 Å². The quantitative estimate of drug-likeness (QED) is 0.790. The average molecular weight is 295 g/mol. The minimum absolute atomic E-state index is 0.0789. The molecule has 0 saturated carbocycles. The lowest BCUT2D eigenvalue weighted by molar-refractivity contribution is -0.138. The number of amides is 2. The van der Waals surface area contributed by atoms with Gasteiger partial charge in [-0.25, -0.2) is 0 Å². The molecule has 1 fully saturated rings. The SMILES string of the molecule is O=C(CCCl)N1CCN(C(=O)Cc2ccccc2)CC1. The van der Waals surface area contributed by atoms with Crippen molar-refractivity contribution in [3.05, 3.63) is 35.9 Å². The van der Waals surface area contributed by atoms with Crippen molar-refractivity contribution in [3.63, 3.8) is 0 Å². The van der Waals surface area contributed by atoms with Gasteiger partial charge in [0.2, 0.25) is 11.8 Å². The van der Waals surface area contributed by atoms with E-state index in [0.717, 1.165) is 5.56 Å². The summed E-state index contributed by atoms with van der Waals surface area (Å²) < 4.78 is 0. The molecule has 0 aliphatic carbocycles. The molecular weight excluding hydrogens is 276 g/mol. The summed E-state index contributed by atoms with van der Waals surface area (Å²) in [6.45, 7) is 2.44. The summed E-state index contributed by atoms with van der Waals surface area (Å²) in [6.07, 6.45) is 0.802. The van der Waals surface area contributed by atoms with E-state index < -0.39 is 0 Å². The third kappa shape index (κ3) is 3.97. The summed E-state index contributed by atoms with van der Waals surface area (Å²) in [4.78, 5) is 27.5. The van der Waals surface area contributed by atoms with E-state index in [-0.39, 0.29) is 11.8 Å². The lowest BCUT2D eigenvalue weighted by Gasteiger charge is -2.34. The zero-order valence-corrected chi connectivity index (χ0v) is 12.2. The van der Waals surface area contributed by atoms with Gasteiger partial charge in [-0.1, -0.05) is 30.3 Å². The van der Waals surface area contributed by atoms with E-state index in [9.17, 15) is 9.59 Å². The van der Waals surface area contributed by atoms with Crippen molar-refractivity contribution in [1.82, 2.24) is 9.80 Å². The zero-order chi connectivity index (χ0) is 14.4. The third-order valence-electron chi connectivity index (χ3n) is 3.49. The van der Waals surface area contributed by atoms with Gasteiger partial charge in [0.25, 0.3) is 0 Å². The summed E-state index contributed by atoms with van der Waals surface area (Å²) in [6, 6.07) is 9.72. The Hall–Kier alpha value is -1.55. The van der Waals surface area contributed by atoms with Gasteiger partial charge >= 0.3 is 0 Å². The molecule has 0 atom stereocenters. The van der Waals surface area contributed by atoms with Crippen LogP contribution in [0.4, 0.5) is 0 Å². The van der Waals surface area contributed by atoms with Gasteiger partial charge in [0.15, 0.2) is 0 Å². The summed E-state index contributed by atoms with van der Waals surface area (Å²) in [7, 11) is 0. The molecule has 5 heteroatoms. The highest BCUT2D eigenvalue weighted by atomic mass is 35.5. The molecule has 2 rings (SSSR count). The molecule has 0 unspecified atom stereocenters. The molecule has 1 aliphatic heterocycles. The van der Waals surface area contributed by atoms with Crippen LogP contribution in [0.15, 0.2) is 30.3 Å². The predicted molar refractivity (Wildman–Crippen MR) is 78.6 cm³/mol. The molecule has 4 nitrogen and oxygen atoms in total. The Morgan fingerprint density at radius 1 is 0.950 bits per heavy atom. The fourth-order valence-electron chi connectivity index (χ4n) is 2.33. The van der Waals surface area contributed by atoms with Gasteiger partial charge < -0.3 is 9.80 Å². The van der Waals surface area contributed by atoms with Crippen LogP contribution in [0, 0.1) is 0 Å². The summed E-state index contributed by atoms with van der Waals surface area (Å²) in [5.41, 5.74) is 1.03. The van der Waals surface area contributed by atoms with Gasteiger partial charge in [-0.15, -0.1) is 11.6 Å². The van der Waals surface area contributed by atoms with Crippen LogP contribution in [0.25, 0.3) is 0 Å². The van der Waals surface area contributed by atoms with E-state index in [1.54, 1.807) is 4.90 Å². The van der Waals surface area contributed by atoms with Crippen LogP contribution < -0.4 is 0 Å². The minimum atomic E-state index is 0.0789. The van der Waals surface area contributed by atoms with Crippen molar-refractivity contribution in [2.24, 2.45) is 0 Å². The van der Waals surface area contributed by atoms with E-state index in [0.29, 0.717) is 44.9 Å². The van der Waals surface area contributed by atoms with Gasteiger partial charge in [-0.2, -0.15) is 0 Å². The van der Waals surface area contributed by atoms with Gasteiger partial charge in [-0.3, -0.25) is 9.59 Å². The number of benzene rings is 1. The first-order valence-electron chi connectivity index (χ1n) is 6.86. The van der Waals surface area contributed by atoms with Crippen LogP contribution in [0.5, 0.6) is 0 Å². The second kappa shape index (κ2) is 7.29. The van der Waals surface area contributed by atoms with Crippen molar-refractivity contribution in [1.29, 1.82) is 0 Å². The smallest absolute Gasteiger partial charge is 0.227 e. The van der Waals surface area contributed by atoms with Crippen molar-refractivity contribution in [3.8, 4) is 0 Å². The summed E-state index contributed by atoms with van der Waals surface area (Å²) >= 11 is 5.57. The Labute approximate surface area is 124 Å². The Bertz CT molecular complexity index is 456. The zero-order valence-electron chi connectivity index (χ0n) is 11.4.